The van der Waals surface area contributed by atoms with E-state index in [2.05, 4.69) is 26.9 Å². The Bertz CT molecular complexity index is 851. The summed E-state index contributed by atoms with van der Waals surface area (Å²) < 4.78 is 5.51. The average Bonchev–Trinajstić information content (AvgIpc) is 3.17. The highest BCUT2D eigenvalue weighted by atomic mass is 35.5. The zero-order chi connectivity index (χ0) is 19.8. The first-order valence-electron chi connectivity index (χ1n) is 9.08. The molecule has 0 aliphatic heterocycles. The van der Waals surface area contributed by atoms with Crippen LogP contribution in [0.5, 0.6) is 0 Å². The van der Waals surface area contributed by atoms with E-state index in [9.17, 15) is 9.59 Å². The minimum atomic E-state index is -0.491. The highest BCUT2D eigenvalue weighted by Crippen LogP contribution is 2.24. The van der Waals surface area contributed by atoms with Crippen LogP contribution >= 0.6 is 23.4 Å². The molecule has 0 bridgehead atoms. The molecule has 9 heteroatoms. The Kier molecular flexibility index (Phi) is 7.50. The van der Waals surface area contributed by atoms with Crippen LogP contribution in [0.25, 0.3) is 11.5 Å². The summed E-state index contributed by atoms with van der Waals surface area (Å²) in [5.74, 6) is -0.0826. The lowest BCUT2D eigenvalue weighted by molar-refractivity contribution is -0.117. The van der Waals surface area contributed by atoms with E-state index in [0.717, 1.165) is 36.6 Å². The Morgan fingerprint density at radius 3 is 2.75 bits per heavy atom. The number of allylic oxidation sites excluding steroid dienone is 1. The van der Waals surface area contributed by atoms with E-state index in [1.54, 1.807) is 24.3 Å². The first kappa shape index (κ1) is 20.4. The summed E-state index contributed by atoms with van der Waals surface area (Å²) in [4.78, 5) is 23.7. The van der Waals surface area contributed by atoms with Crippen LogP contribution < -0.4 is 10.6 Å². The minimum Gasteiger partial charge on any atom is -0.411 e. The summed E-state index contributed by atoms with van der Waals surface area (Å²) in [5, 5.41) is 13.7. The quantitative estimate of drug-likeness (QED) is 0.514. The fourth-order valence-electron chi connectivity index (χ4n) is 2.78. The molecule has 3 amide bonds. The first-order chi connectivity index (χ1) is 13.6. The van der Waals surface area contributed by atoms with Crippen LogP contribution in [0.1, 0.15) is 32.1 Å². The van der Waals surface area contributed by atoms with Crippen molar-refractivity contribution in [2.45, 2.75) is 37.3 Å². The zero-order valence-electron chi connectivity index (χ0n) is 15.2. The monoisotopic (exact) mass is 420 g/mol. The number of thioether (sulfide) groups is 1. The Labute approximate surface area is 172 Å². The molecular formula is C19H21ClN4O3S. The second-order valence-electron chi connectivity index (χ2n) is 6.33. The highest BCUT2D eigenvalue weighted by Gasteiger charge is 2.13. The number of nitrogens with one attached hydrogen (secondary N) is 2. The fraction of sp³-hybridized carbons (Fsp3) is 0.368. The molecule has 2 N–H and O–H groups in total. The summed E-state index contributed by atoms with van der Waals surface area (Å²) in [6, 6.07) is 6.50. The van der Waals surface area contributed by atoms with Crippen molar-refractivity contribution in [1.82, 2.24) is 20.8 Å². The third-order valence-electron chi connectivity index (χ3n) is 4.19. The van der Waals surface area contributed by atoms with Crippen molar-refractivity contribution in [1.29, 1.82) is 0 Å². The van der Waals surface area contributed by atoms with Gasteiger partial charge in [0, 0.05) is 17.1 Å². The van der Waals surface area contributed by atoms with Crippen LogP contribution in [0.2, 0.25) is 5.02 Å². The third-order valence-corrected chi connectivity index (χ3v) is 5.26. The van der Waals surface area contributed by atoms with Gasteiger partial charge in [0.15, 0.2) is 0 Å². The second-order valence-corrected chi connectivity index (χ2v) is 7.69. The van der Waals surface area contributed by atoms with Gasteiger partial charge in [-0.25, -0.2) is 4.79 Å². The van der Waals surface area contributed by atoms with E-state index in [0.29, 0.717) is 17.5 Å². The van der Waals surface area contributed by atoms with E-state index < -0.39 is 11.9 Å². The van der Waals surface area contributed by atoms with Gasteiger partial charge in [0.2, 0.25) is 11.8 Å². The van der Waals surface area contributed by atoms with Crippen LogP contribution in [0, 0.1) is 0 Å². The molecule has 148 valence electrons. The normalized spacial score (nSPS) is 13.7. The van der Waals surface area contributed by atoms with Gasteiger partial charge in [0.25, 0.3) is 5.22 Å². The van der Waals surface area contributed by atoms with Crippen molar-refractivity contribution in [3.05, 3.63) is 40.9 Å². The van der Waals surface area contributed by atoms with Gasteiger partial charge in [0.1, 0.15) is 0 Å². The fourth-order valence-corrected chi connectivity index (χ4v) is 3.47. The number of aromatic nitrogens is 2. The molecule has 0 atom stereocenters. The maximum absolute atomic E-state index is 11.9. The number of hydrogen-bond acceptors (Lipinski definition) is 6. The average molecular weight is 421 g/mol. The van der Waals surface area contributed by atoms with Crippen molar-refractivity contribution in [2.24, 2.45) is 0 Å². The van der Waals surface area contributed by atoms with E-state index in [1.807, 2.05) is 0 Å². The number of benzene rings is 1. The molecule has 1 aliphatic carbocycles. The summed E-state index contributed by atoms with van der Waals surface area (Å²) >= 11 is 6.92. The summed E-state index contributed by atoms with van der Waals surface area (Å²) in [6.45, 7) is 0.520. The molecule has 0 unspecified atom stereocenters. The number of carbonyl (C=O) groups is 2. The topological polar surface area (TPSA) is 97.1 Å². The van der Waals surface area contributed by atoms with Crippen LogP contribution in [0.4, 0.5) is 4.79 Å². The zero-order valence-corrected chi connectivity index (χ0v) is 16.8. The molecule has 0 spiro atoms. The Hall–Kier alpha value is -2.32. The molecule has 2 aromatic rings. The van der Waals surface area contributed by atoms with Crippen molar-refractivity contribution < 1.29 is 14.0 Å². The second kappa shape index (κ2) is 10.3. The number of carbonyl (C=O) groups excluding carboxylic acids is 2. The number of imide groups is 1. The Balaban J connectivity index is 1.37. The van der Waals surface area contributed by atoms with Gasteiger partial charge >= 0.3 is 6.03 Å². The number of halogens is 1. The van der Waals surface area contributed by atoms with Gasteiger partial charge in [-0.15, -0.1) is 10.2 Å². The predicted octanol–water partition coefficient (Wildman–Crippen LogP) is 4.20. The highest BCUT2D eigenvalue weighted by molar-refractivity contribution is 7.99. The standard InChI is InChI=1S/C19H21ClN4O3S/c20-15-8-6-14(7-9-15)17-23-24-19(27-17)28-12-16(25)22-18(26)21-11-10-13-4-2-1-3-5-13/h4,6-9H,1-3,5,10-12H2,(H2,21,22,25,26). The van der Waals surface area contributed by atoms with Crippen LogP contribution in [-0.4, -0.2) is 34.4 Å². The maximum Gasteiger partial charge on any atom is 0.321 e. The first-order valence-corrected chi connectivity index (χ1v) is 10.4. The molecule has 3 rings (SSSR count). The van der Waals surface area contributed by atoms with Crippen molar-refractivity contribution in [3.8, 4) is 11.5 Å². The molecule has 7 nitrogen and oxygen atoms in total. The molecule has 1 heterocycles. The number of urea groups is 1. The van der Waals surface area contributed by atoms with Gasteiger partial charge < -0.3 is 9.73 Å². The van der Waals surface area contributed by atoms with Gasteiger partial charge in [-0.2, -0.15) is 0 Å². The van der Waals surface area contributed by atoms with E-state index in [-0.39, 0.29) is 11.0 Å². The van der Waals surface area contributed by atoms with Crippen LogP contribution in [0.15, 0.2) is 45.6 Å². The summed E-state index contributed by atoms with van der Waals surface area (Å²) in [5.41, 5.74) is 2.11. The Morgan fingerprint density at radius 2 is 2.00 bits per heavy atom. The van der Waals surface area contributed by atoms with Gasteiger partial charge in [-0.1, -0.05) is 35.0 Å². The van der Waals surface area contributed by atoms with E-state index in [4.69, 9.17) is 16.0 Å². The van der Waals surface area contributed by atoms with Crippen molar-refractivity contribution in [3.63, 3.8) is 0 Å². The third kappa shape index (κ3) is 6.38. The number of amides is 3. The van der Waals surface area contributed by atoms with Crippen molar-refractivity contribution >= 4 is 35.3 Å². The SMILES string of the molecule is O=C(CSc1nnc(-c2ccc(Cl)cc2)o1)NC(=O)NCCC1=CCCCC1. The van der Waals surface area contributed by atoms with Crippen molar-refractivity contribution in [2.75, 3.05) is 12.3 Å². The molecular weight excluding hydrogens is 400 g/mol. The predicted molar refractivity (Wildman–Crippen MR) is 108 cm³/mol. The number of hydrogen-bond donors (Lipinski definition) is 2. The van der Waals surface area contributed by atoms with Gasteiger partial charge in [0.05, 0.1) is 5.75 Å². The lowest BCUT2D eigenvalue weighted by Gasteiger charge is -2.13. The van der Waals surface area contributed by atoms with Crippen LogP contribution in [-0.2, 0) is 4.79 Å². The minimum absolute atomic E-state index is 0.000817. The summed E-state index contributed by atoms with van der Waals surface area (Å²) in [6.07, 6.45) is 7.74. The lowest BCUT2D eigenvalue weighted by atomic mass is 9.97. The number of nitrogens with zero attached hydrogens (tertiary/aromatic N) is 2. The molecule has 0 saturated carbocycles. The number of rotatable bonds is 7. The molecule has 1 aromatic heterocycles. The molecule has 0 saturated heterocycles. The Morgan fingerprint density at radius 1 is 1.18 bits per heavy atom. The molecule has 1 aliphatic rings. The molecule has 0 radical (unpaired) electrons. The molecule has 0 fully saturated rings. The lowest BCUT2D eigenvalue weighted by Crippen LogP contribution is -2.40. The van der Waals surface area contributed by atoms with Gasteiger partial charge in [-0.05, 0) is 56.4 Å². The summed E-state index contributed by atoms with van der Waals surface area (Å²) in [7, 11) is 0. The van der Waals surface area contributed by atoms with Gasteiger partial charge in [-0.3, -0.25) is 10.1 Å². The van der Waals surface area contributed by atoms with E-state index >= 15 is 0 Å². The molecule has 1 aromatic carbocycles. The smallest absolute Gasteiger partial charge is 0.321 e. The van der Waals surface area contributed by atoms with Crippen LogP contribution in [0.3, 0.4) is 0 Å². The molecule has 28 heavy (non-hydrogen) atoms. The largest absolute Gasteiger partial charge is 0.411 e. The maximum atomic E-state index is 11.9. The van der Waals surface area contributed by atoms with E-state index in [1.165, 1.54) is 18.4 Å².